The molecule has 2 aromatic rings. The molecule has 1 fully saturated rings. The minimum atomic E-state index is 0.0458. The van der Waals surface area contributed by atoms with Crippen LogP contribution in [0.25, 0.3) is 0 Å². The van der Waals surface area contributed by atoms with Crippen molar-refractivity contribution in [2.45, 2.75) is 37.6 Å². The maximum Gasteiger partial charge on any atom is 0.220 e. The Balaban J connectivity index is 1.42. The molecule has 2 unspecified atom stereocenters. The molecule has 0 bridgehead atoms. The summed E-state index contributed by atoms with van der Waals surface area (Å²) >= 11 is 6.51. The van der Waals surface area contributed by atoms with Crippen molar-refractivity contribution in [1.82, 2.24) is 10.2 Å². The number of carbonyl (C=O) groups is 1. The molecule has 0 radical (unpaired) electrons. The van der Waals surface area contributed by atoms with Crippen molar-refractivity contribution in [3.63, 3.8) is 0 Å². The van der Waals surface area contributed by atoms with Gasteiger partial charge in [-0.25, -0.2) is 0 Å². The summed E-state index contributed by atoms with van der Waals surface area (Å²) < 4.78 is 10.9. The number of ether oxygens (including phenoxy) is 2. The van der Waals surface area contributed by atoms with Crippen LogP contribution in [-0.4, -0.2) is 50.8 Å². The van der Waals surface area contributed by atoms with Crippen LogP contribution in [0.5, 0.6) is 5.75 Å². The number of methoxy groups -OCH3 is 1. The standard InChI is InChI=1S/C25H31ClN2O3/c1-30-20-9-10-21-18(15-20)5-4-6-19(21)16-25(29)27-17-24(28-11-13-31-14-12-28)22-7-2-3-8-23(22)26/h2-3,7-10,15,19,24H,4-6,11-14,16-17H2,1H3,(H,27,29). The molecule has 2 aromatic carbocycles. The van der Waals surface area contributed by atoms with E-state index in [1.807, 2.05) is 24.3 Å². The smallest absolute Gasteiger partial charge is 0.220 e. The Labute approximate surface area is 189 Å². The predicted molar refractivity (Wildman–Crippen MR) is 123 cm³/mol. The highest BCUT2D eigenvalue weighted by Crippen LogP contribution is 2.36. The van der Waals surface area contributed by atoms with Gasteiger partial charge in [0.2, 0.25) is 5.91 Å². The molecule has 0 aromatic heterocycles. The quantitative estimate of drug-likeness (QED) is 0.692. The van der Waals surface area contributed by atoms with Gasteiger partial charge in [-0.3, -0.25) is 9.69 Å². The van der Waals surface area contributed by atoms with Crippen LogP contribution in [0.2, 0.25) is 5.02 Å². The van der Waals surface area contributed by atoms with Crippen molar-refractivity contribution in [2.75, 3.05) is 40.0 Å². The van der Waals surface area contributed by atoms with Gasteiger partial charge in [0.25, 0.3) is 0 Å². The second kappa shape index (κ2) is 10.5. The minimum Gasteiger partial charge on any atom is -0.497 e. The van der Waals surface area contributed by atoms with E-state index in [1.165, 1.54) is 11.1 Å². The highest BCUT2D eigenvalue weighted by molar-refractivity contribution is 6.31. The predicted octanol–water partition coefficient (Wildman–Crippen LogP) is 4.35. The van der Waals surface area contributed by atoms with E-state index in [0.29, 0.717) is 26.2 Å². The Bertz CT molecular complexity index is 898. The zero-order valence-corrected chi connectivity index (χ0v) is 18.9. The second-order valence-corrected chi connectivity index (χ2v) is 8.75. The fourth-order valence-electron chi connectivity index (χ4n) is 4.81. The van der Waals surface area contributed by atoms with Gasteiger partial charge in [0, 0.05) is 31.1 Å². The summed E-state index contributed by atoms with van der Waals surface area (Å²) in [4.78, 5) is 15.3. The van der Waals surface area contributed by atoms with Crippen LogP contribution in [0.1, 0.15) is 47.9 Å². The van der Waals surface area contributed by atoms with Gasteiger partial charge in [-0.05, 0) is 60.1 Å². The first-order valence-corrected chi connectivity index (χ1v) is 11.5. The average molecular weight is 443 g/mol. The van der Waals surface area contributed by atoms with Crippen molar-refractivity contribution in [2.24, 2.45) is 0 Å². The number of aryl methyl sites for hydroxylation is 1. The van der Waals surface area contributed by atoms with Gasteiger partial charge in [-0.2, -0.15) is 0 Å². The molecule has 4 rings (SSSR count). The highest BCUT2D eigenvalue weighted by atomic mass is 35.5. The fourth-order valence-corrected chi connectivity index (χ4v) is 5.07. The molecule has 0 spiro atoms. The zero-order chi connectivity index (χ0) is 21.6. The molecule has 6 heteroatoms. The maximum atomic E-state index is 12.9. The largest absolute Gasteiger partial charge is 0.497 e. The van der Waals surface area contributed by atoms with Crippen molar-refractivity contribution in [3.05, 3.63) is 64.2 Å². The van der Waals surface area contributed by atoms with E-state index in [1.54, 1.807) is 7.11 Å². The summed E-state index contributed by atoms with van der Waals surface area (Å²) in [6, 6.07) is 14.2. The lowest BCUT2D eigenvalue weighted by molar-refractivity contribution is -0.121. The number of fused-ring (bicyclic) bond motifs is 1. The van der Waals surface area contributed by atoms with Crippen molar-refractivity contribution in [3.8, 4) is 5.75 Å². The van der Waals surface area contributed by atoms with Crippen LogP contribution in [0, 0.1) is 0 Å². The van der Waals surface area contributed by atoms with Crippen LogP contribution in [0.4, 0.5) is 0 Å². The molecule has 1 saturated heterocycles. The summed E-state index contributed by atoms with van der Waals surface area (Å²) in [5.41, 5.74) is 3.66. The first kappa shape index (κ1) is 22.1. The first-order valence-electron chi connectivity index (χ1n) is 11.2. The summed E-state index contributed by atoms with van der Waals surface area (Å²) in [5, 5.41) is 3.94. The van der Waals surface area contributed by atoms with Crippen LogP contribution >= 0.6 is 11.6 Å². The third kappa shape index (κ3) is 5.40. The van der Waals surface area contributed by atoms with Gasteiger partial charge >= 0.3 is 0 Å². The van der Waals surface area contributed by atoms with E-state index in [-0.39, 0.29) is 17.9 Å². The summed E-state index contributed by atoms with van der Waals surface area (Å²) in [5.74, 6) is 1.24. The number of halogens is 1. The molecule has 0 saturated carbocycles. The van der Waals surface area contributed by atoms with E-state index in [0.717, 1.165) is 48.7 Å². The maximum absolute atomic E-state index is 12.9. The number of benzene rings is 2. The Hall–Kier alpha value is -2.08. The molecular formula is C25H31ClN2O3. The molecule has 1 aliphatic heterocycles. The van der Waals surface area contributed by atoms with Crippen molar-refractivity contribution < 1.29 is 14.3 Å². The second-order valence-electron chi connectivity index (χ2n) is 8.35. The normalized spacial score (nSPS) is 20.0. The Morgan fingerprint density at radius 3 is 2.84 bits per heavy atom. The fraction of sp³-hybridized carbons (Fsp3) is 0.480. The Kier molecular flexibility index (Phi) is 7.49. The van der Waals surface area contributed by atoms with Crippen LogP contribution in [0.15, 0.2) is 42.5 Å². The number of rotatable bonds is 7. The first-order chi connectivity index (χ1) is 15.2. The summed E-state index contributed by atoms with van der Waals surface area (Å²) in [7, 11) is 1.69. The van der Waals surface area contributed by atoms with E-state index in [4.69, 9.17) is 21.1 Å². The van der Waals surface area contributed by atoms with Crippen LogP contribution in [-0.2, 0) is 16.0 Å². The number of morpholine rings is 1. The lowest BCUT2D eigenvalue weighted by Gasteiger charge is -2.35. The average Bonchev–Trinajstić information content (AvgIpc) is 2.81. The molecule has 2 aliphatic rings. The number of hydrogen-bond acceptors (Lipinski definition) is 4. The van der Waals surface area contributed by atoms with Crippen LogP contribution in [0.3, 0.4) is 0 Å². The van der Waals surface area contributed by atoms with Crippen molar-refractivity contribution in [1.29, 1.82) is 0 Å². The molecule has 1 amide bonds. The third-order valence-corrected chi connectivity index (χ3v) is 6.81. The number of carbonyl (C=O) groups excluding carboxylic acids is 1. The zero-order valence-electron chi connectivity index (χ0n) is 18.1. The number of nitrogens with zero attached hydrogens (tertiary/aromatic N) is 1. The molecule has 31 heavy (non-hydrogen) atoms. The number of hydrogen-bond donors (Lipinski definition) is 1. The minimum absolute atomic E-state index is 0.0458. The highest BCUT2D eigenvalue weighted by Gasteiger charge is 2.27. The molecule has 2 atom stereocenters. The molecule has 1 aliphatic carbocycles. The Morgan fingerprint density at radius 1 is 1.26 bits per heavy atom. The Morgan fingerprint density at radius 2 is 2.06 bits per heavy atom. The topological polar surface area (TPSA) is 50.8 Å². The lowest BCUT2D eigenvalue weighted by atomic mass is 9.81. The number of nitrogens with one attached hydrogen (secondary N) is 1. The molecule has 5 nitrogen and oxygen atoms in total. The summed E-state index contributed by atoms with van der Waals surface area (Å²) in [6.07, 6.45) is 3.71. The molecule has 1 N–H and O–H groups in total. The third-order valence-electron chi connectivity index (χ3n) is 6.46. The van der Waals surface area contributed by atoms with E-state index >= 15 is 0 Å². The summed E-state index contributed by atoms with van der Waals surface area (Å²) in [6.45, 7) is 3.63. The lowest BCUT2D eigenvalue weighted by Crippen LogP contribution is -2.44. The van der Waals surface area contributed by atoms with Gasteiger partial charge < -0.3 is 14.8 Å². The van der Waals surface area contributed by atoms with Crippen molar-refractivity contribution >= 4 is 17.5 Å². The SMILES string of the molecule is COc1ccc2c(c1)CCCC2CC(=O)NCC(c1ccccc1Cl)N1CCOCC1. The van der Waals surface area contributed by atoms with Gasteiger partial charge in [0.05, 0.1) is 26.4 Å². The molecule has 166 valence electrons. The monoisotopic (exact) mass is 442 g/mol. The van der Waals surface area contributed by atoms with Gasteiger partial charge in [0.1, 0.15) is 5.75 Å². The number of amides is 1. The van der Waals surface area contributed by atoms with E-state index in [2.05, 4.69) is 28.4 Å². The van der Waals surface area contributed by atoms with Gasteiger partial charge in [-0.1, -0.05) is 35.9 Å². The van der Waals surface area contributed by atoms with Gasteiger partial charge in [0.15, 0.2) is 0 Å². The van der Waals surface area contributed by atoms with E-state index < -0.39 is 0 Å². The van der Waals surface area contributed by atoms with Crippen LogP contribution < -0.4 is 10.1 Å². The van der Waals surface area contributed by atoms with Gasteiger partial charge in [-0.15, -0.1) is 0 Å². The molecule has 1 heterocycles. The molecular weight excluding hydrogens is 412 g/mol. The van der Waals surface area contributed by atoms with E-state index in [9.17, 15) is 4.79 Å².